The fourth-order valence-corrected chi connectivity index (χ4v) is 2.32. The molecule has 0 radical (unpaired) electrons. The standard InChI is InChI=1S/C18H14BrN3O2/c19-14-3-1-13(2-4-14)11-17(23)22-15-5-7-16(8-6-15)24-18-12-20-9-10-21-18/h1-10,12H,11H2,(H,22,23). The number of benzene rings is 2. The fraction of sp³-hybridized carbons (Fsp3) is 0.0556. The van der Waals surface area contributed by atoms with Gasteiger partial charge in [0.1, 0.15) is 5.75 Å². The normalized spacial score (nSPS) is 10.2. The Balaban J connectivity index is 1.57. The molecule has 0 aliphatic carbocycles. The molecule has 0 aliphatic rings. The summed E-state index contributed by atoms with van der Waals surface area (Å²) in [5, 5.41) is 2.86. The van der Waals surface area contributed by atoms with Gasteiger partial charge >= 0.3 is 0 Å². The third-order valence-corrected chi connectivity index (χ3v) is 3.71. The van der Waals surface area contributed by atoms with E-state index in [1.54, 1.807) is 36.7 Å². The van der Waals surface area contributed by atoms with Gasteiger partial charge in [-0.05, 0) is 42.0 Å². The van der Waals surface area contributed by atoms with Crippen molar-refractivity contribution in [3.05, 3.63) is 77.2 Å². The second kappa shape index (κ2) is 7.70. The van der Waals surface area contributed by atoms with Crippen molar-refractivity contribution in [2.24, 2.45) is 0 Å². The summed E-state index contributed by atoms with van der Waals surface area (Å²) in [7, 11) is 0. The molecule has 1 heterocycles. The number of nitrogens with zero attached hydrogens (tertiary/aromatic N) is 2. The van der Waals surface area contributed by atoms with Crippen molar-refractivity contribution in [1.82, 2.24) is 9.97 Å². The van der Waals surface area contributed by atoms with E-state index in [0.29, 0.717) is 23.7 Å². The van der Waals surface area contributed by atoms with Crippen LogP contribution in [-0.2, 0) is 11.2 Å². The lowest BCUT2D eigenvalue weighted by Gasteiger charge is -2.07. The summed E-state index contributed by atoms with van der Waals surface area (Å²) < 4.78 is 6.55. The van der Waals surface area contributed by atoms with Gasteiger partial charge in [0.15, 0.2) is 0 Å². The summed E-state index contributed by atoms with van der Waals surface area (Å²) in [5.41, 5.74) is 1.67. The molecule has 0 fully saturated rings. The monoisotopic (exact) mass is 383 g/mol. The summed E-state index contributed by atoms with van der Waals surface area (Å²) >= 11 is 3.38. The van der Waals surface area contributed by atoms with E-state index in [4.69, 9.17) is 4.74 Å². The van der Waals surface area contributed by atoms with Crippen molar-refractivity contribution >= 4 is 27.5 Å². The lowest BCUT2D eigenvalue weighted by atomic mass is 10.1. The van der Waals surface area contributed by atoms with Crippen LogP contribution in [0.4, 0.5) is 5.69 Å². The van der Waals surface area contributed by atoms with Crippen LogP contribution in [0.3, 0.4) is 0 Å². The third-order valence-electron chi connectivity index (χ3n) is 3.18. The summed E-state index contributed by atoms with van der Waals surface area (Å²) in [6, 6.07) is 14.8. The number of hydrogen-bond acceptors (Lipinski definition) is 4. The number of ether oxygens (including phenoxy) is 1. The van der Waals surface area contributed by atoms with E-state index in [1.165, 1.54) is 6.20 Å². The van der Waals surface area contributed by atoms with Crippen molar-refractivity contribution in [3.8, 4) is 11.6 Å². The Morgan fingerprint density at radius 1 is 1.04 bits per heavy atom. The van der Waals surface area contributed by atoms with Gasteiger partial charge in [0.2, 0.25) is 11.8 Å². The van der Waals surface area contributed by atoms with Crippen LogP contribution < -0.4 is 10.1 Å². The quantitative estimate of drug-likeness (QED) is 0.716. The maximum Gasteiger partial charge on any atom is 0.237 e. The molecule has 1 N–H and O–H groups in total. The lowest BCUT2D eigenvalue weighted by molar-refractivity contribution is -0.115. The van der Waals surface area contributed by atoms with Gasteiger partial charge in [0.25, 0.3) is 0 Å². The van der Waals surface area contributed by atoms with Crippen molar-refractivity contribution < 1.29 is 9.53 Å². The van der Waals surface area contributed by atoms with Gasteiger partial charge in [0, 0.05) is 22.6 Å². The Hall–Kier alpha value is -2.73. The highest BCUT2D eigenvalue weighted by Gasteiger charge is 2.05. The predicted molar refractivity (Wildman–Crippen MR) is 95.0 cm³/mol. The molecule has 6 heteroatoms. The zero-order valence-corrected chi connectivity index (χ0v) is 14.2. The number of nitrogens with one attached hydrogen (secondary N) is 1. The largest absolute Gasteiger partial charge is 0.438 e. The average molecular weight is 384 g/mol. The highest BCUT2D eigenvalue weighted by molar-refractivity contribution is 9.10. The molecular formula is C18H14BrN3O2. The number of anilines is 1. The highest BCUT2D eigenvalue weighted by Crippen LogP contribution is 2.20. The minimum Gasteiger partial charge on any atom is -0.438 e. The number of carbonyl (C=O) groups is 1. The molecule has 0 atom stereocenters. The molecule has 2 aromatic carbocycles. The molecule has 120 valence electrons. The Morgan fingerprint density at radius 3 is 2.46 bits per heavy atom. The molecule has 24 heavy (non-hydrogen) atoms. The second-order valence-electron chi connectivity index (χ2n) is 5.02. The smallest absolute Gasteiger partial charge is 0.237 e. The van der Waals surface area contributed by atoms with E-state index < -0.39 is 0 Å². The van der Waals surface area contributed by atoms with Crippen molar-refractivity contribution in [2.75, 3.05) is 5.32 Å². The van der Waals surface area contributed by atoms with Crippen LogP contribution in [0.15, 0.2) is 71.6 Å². The van der Waals surface area contributed by atoms with Crippen LogP contribution in [0.5, 0.6) is 11.6 Å². The van der Waals surface area contributed by atoms with Crippen LogP contribution in [0.2, 0.25) is 0 Å². The van der Waals surface area contributed by atoms with Gasteiger partial charge < -0.3 is 10.1 Å². The predicted octanol–water partition coefficient (Wildman–Crippen LogP) is 4.21. The Morgan fingerprint density at radius 2 is 1.79 bits per heavy atom. The molecule has 1 amide bonds. The first-order chi connectivity index (χ1) is 11.7. The summed E-state index contributed by atoms with van der Waals surface area (Å²) in [5.74, 6) is 0.978. The number of rotatable bonds is 5. The van der Waals surface area contributed by atoms with E-state index in [9.17, 15) is 4.79 Å². The Labute approximate surface area is 147 Å². The molecule has 0 bridgehead atoms. The van der Waals surface area contributed by atoms with E-state index in [1.807, 2.05) is 24.3 Å². The number of aromatic nitrogens is 2. The minimum atomic E-state index is -0.0695. The van der Waals surface area contributed by atoms with Crippen molar-refractivity contribution in [3.63, 3.8) is 0 Å². The molecule has 1 aromatic heterocycles. The van der Waals surface area contributed by atoms with Crippen LogP contribution in [-0.4, -0.2) is 15.9 Å². The van der Waals surface area contributed by atoms with Gasteiger partial charge in [-0.3, -0.25) is 9.78 Å². The Kier molecular flexibility index (Phi) is 5.18. The van der Waals surface area contributed by atoms with Crippen LogP contribution in [0, 0.1) is 0 Å². The lowest BCUT2D eigenvalue weighted by Crippen LogP contribution is -2.14. The van der Waals surface area contributed by atoms with Crippen molar-refractivity contribution in [2.45, 2.75) is 6.42 Å². The van der Waals surface area contributed by atoms with Gasteiger partial charge in [-0.1, -0.05) is 28.1 Å². The second-order valence-corrected chi connectivity index (χ2v) is 5.94. The van der Waals surface area contributed by atoms with Crippen molar-refractivity contribution in [1.29, 1.82) is 0 Å². The topological polar surface area (TPSA) is 64.1 Å². The maximum absolute atomic E-state index is 12.1. The molecular weight excluding hydrogens is 370 g/mol. The van der Waals surface area contributed by atoms with Gasteiger partial charge in [-0.25, -0.2) is 4.98 Å². The van der Waals surface area contributed by atoms with E-state index in [0.717, 1.165) is 10.0 Å². The summed E-state index contributed by atoms with van der Waals surface area (Å²) in [4.78, 5) is 20.0. The molecule has 5 nitrogen and oxygen atoms in total. The first-order valence-corrected chi connectivity index (χ1v) is 8.06. The number of amides is 1. The van der Waals surface area contributed by atoms with Gasteiger partial charge in [-0.2, -0.15) is 0 Å². The fourth-order valence-electron chi connectivity index (χ4n) is 2.06. The Bertz CT molecular complexity index is 806. The molecule has 0 saturated heterocycles. The maximum atomic E-state index is 12.1. The SMILES string of the molecule is O=C(Cc1ccc(Br)cc1)Nc1ccc(Oc2cnccn2)cc1. The average Bonchev–Trinajstić information content (AvgIpc) is 2.60. The van der Waals surface area contributed by atoms with Crippen LogP contribution in [0.25, 0.3) is 0 Å². The number of carbonyl (C=O) groups excluding carboxylic acids is 1. The third kappa shape index (κ3) is 4.63. The number of halogens is 1. The van der Waals surface area contributed by atoms with E-state index in [2.05, 4.69) is 31.2 Å². The highest BCUT2D eigenvalue weighted by atomic mass is 79.9. The zero-order chi connectivity index (χ0) is 16.8. The molecule has 0 unspecified atom stereocenters. The van der Waals surface area contributed by atoms with Crippen LogP contribution in [0.1, 0.15) is 5.56 Å². The molecule has 3 aromatic rings. The molecule has 0 saturated carbocycles. The summed E-state index contributed by atoms with van der Waals surface area (Å²) in [6.45, 7) is 0. The molecule has 0 aliphatic heterocycles. The van der Waals surface area contributed by atoms with Gasteiger partial charge in [-0.15, -0.1) is 0 Å². The zero-order valence-electron chi connectivity index (χ0n) is 12.6. The first-order valence-electron chi connectivity index (χ1n) is 7.27. The van der Waals surface area contributed by atoms with E-state index in [-0.39, 0.29) is 5.91 Å². The molecule has 3 rings (SSSR count). The molecule has 0 spiro atoms. The van der Waals surface area contributed by atoms with Gasteiger partial charge in [0.05, 0.1) is 12.6 Å². The minimum absolute atomic E-state index is 0.0695. The number of hydrogen-bond donors (Lipinski definition) is 1. The van der Waals surface area contributed by atoms with E-state index >= 15 is 0 Å². The first kappa shape index (κ1) is 16.1. The van der Waals surface area contributed by atoms with Crippen LogP contribution >= 0.6 is 15.9 Å². The summed E-state index contributed by atoms with van der Waals surface area (Å²) in [6.07, 6.45) is 5.00.